The zero-order valence-corrected chi connectivity index (χ0v) is 17.0. The Bertz CT molecular complexity index is 849. The van der Waals surface area contributed by atoms with E-state index in [4.69, 9.17) is 4.42 Å². The van der Waals surface area contributed by atoms with Crippen LogP contribution in [0.25, 0.3) is 11.0 Å². The van der Waals surface area contributed by atoms with Crippen molar-refractivity contribution in [2.45, 2.75) is 57.4 Å². The fourth-order valence-corrected chi connectivity index (χ4v) is 5.06. The van der Waals surface area contributed by atoms with Crippen LogP contribution in [0.5, 0.6) is 0 Å². The maximum atomic E-state index is 13.5. The number of hydrogen-bond donors (Lipinski definition) is 2. The van der Waals surface area contributed by atoms with E-state index in [1.165, 1.54) is 12.1 Å². The quantitative estimate of drug-likeness (QED) is 0.601. The number of hydrogen-bond acceptors (Lipinski definition) is 3. The van der Waals surface area contributed by atoms with Gasteiger partial charge in [0.25, 0.3) is 0 Å². The van der Waals surface area contributed by atoms with E-state index in [9.17, 15) is 8.60 Å². The maximum Gasteiger partial charge on any atom is 0.191 e. The van der Waals surface area contributed by atoms with Crippen LogP contribution in [0.2, 0.25) is 0 Å². The first-order valence-corrected chi connectivity index (χ1v) is 10.9. The lowest BCUT2D eigenvalue weighted by molar-refractivity contribution is 0.412. The third kappa shape index (κ3) is 4.69. The highest BCUT2D eigenvalue weighted by Gasteiger charge is 2.26. The molecule has 1 aliphatic carbocycles. The topological polar surface area (TPSA) is 66.6 Å². The van der Waals surface area contributed by atoms with Crippen molar-refractivity contribution in [2.75, 3.05) is 12.8 Å². The van der Waals surface area contributed by atoms with Crippen LogP contribution in [0.15, 0.2) is 27.6 Å². The molecule has 0 radical (unpaired) electrons. The number of furan rings is 1. The first-order valence-electron chi connectivity index (χ1n) is 9.53. The average molecular weight is 394 g/mol. The van der Waals surface area contributed by atoms with Crippen molar-refractivity contribution < 1.29 is 13.0 Å². The molecule has 148 valence electrons. The van der Waals surface area contributed by atoms with Crippen LogP contribution in [0.3, 0.4) is 0 Å². The van der Waals surface area contributed by atoms with E-state index >= 15 is 0 Å². The highest BCUT2D eigenvalue weighted by Crippen LogP contribution is 2.26. The molecule has 2 aromatic rings. The van der Waals surface area contributed by atoms with E-state index in [1.807, 2.05) is 13.8 Å². The Morgan fingerprint density at radius 3 is 2.96 bits per heavy atom. The highest BCUT2D eigenvalue weighted by atomic mass is 32.2. The van der Waals surface area contributed by atoms with Crippen molar-refractivity contribution in [3.05, 3.63) is 35.3 Å². The molecule has 3 atom stereocenters. The lowest BCUT2D eigenvalue weighted by Gasteiger charge is -2.30. The molecule has 2 N–H and O–H groups in total. The maximum absolute atomic E-state index is 13.5. The van der Waals surface area contributed by atoms with Gasteiger partial charge in [0.1, 0.15) is 17.2 Å². The first-order chi connectivity index (χ1) is 13.0. The number of fused-ring (bicyclic) bond motifs is 1. The van der Waals surface area contributed by atoms with Gasteiger partial charge in [-0.25, -0.2) is 4.39 Å². The van der Waals surface area contributed by atoms with Gasteiger partial charge in [-0.15, -0.1) is 0 Å². The second-order valence-corrected chi connectivity index (χ2v) is 9.02. The van der Waals surface area contributed by atoms with Crippen LogP contribution in [-0.4, -0.2) is 34.3 Å². The van der Waals surface area contributed by atoms with Gasteiger partial charge < -0.3 is 15.1 Å². The zero-order chi connectivity index (χ0) is 19.4. The number of guanidine groups is 1. The van der Waals surface area contributed by atoms with Gasteiger partial charge in [0.2, 0.25) is 0 Å². The molecule has 0 spiro atoms. The summed E-state index contributed by atoms with van der Waals surface area (Å²) < 4.78 is 31.4. The molecular formula is C20H28FN3O2S. The van der Waals surface area contributed by atoms with Crippen LogP contribution >= 0.6 is 0 Å². The average Bonchev–Trinajstić information content (AvgIpc) is 3.00. The van der Waals surface area contributed by atoms with Gasteiger partial charge in [0, 0.05) is 45.8 Å². The summed E-state index contributed by atoms with van der Waals surface area (Å²) in [6, 6.07) is 4.84. The molecule has 1 saturated carbocycles. The summed E-state index contributed by atoms with van der Waals surface area (Å²) in [7, 11) is 0.992. The lowest BCUT2D eigenvalue weighted by atomic mass is 9.95. The molecule has 1 fully saturated rings. The Morgan fingerprint density at radius 2 is 2.22 bits per heavy atom. The molecule has 0 aliphatic heterocycles. The van der Waals surface area contributed by atoms with Crippen LogP contribution < -0.4 is 10.6 Å². The van der Waals surface area contributed by atoms with Gasteiger partial charge in [-0.05, 0) is 44.4 Å². The predicted octanol–water partition coefficient (Wildman–Crippen LogP) is 3.63. The van der Waals surface area contributed by atoms with Crippen LogP contribution in [0, 0.1) is 12.7 Å². The number of nitrogens with zero attached hydrogens (tertiary/aromatic N) is 1. The molecule has 7 heteroatoms. The third-order valence-corrected chi connectivity index (χ3v) is 7.00. The van der Waals surface area contributed by atoms with Crippen molar-refractivity contribution in [1.29, 1.82) is 0 Å². The zero-order valence-electron chi connectivity index (χ0n) is 16.2. The normalized spacial score (nSPS) is 22.0. The molecule has 3 unspecified atom stereocenters. The molecular weight excluding hydrogens is 365 g/mol. The van der Waals surface area contributed by atoms with E-state index < -0.39 is 10.8 Å². The van der Waals surface area contributed by atoms with Crippen molar-refractivity contribution >= 4 is 27.7 Å². The highest BCUT2D eigenvalue weighted by molar-refractivity contribution is 7.85. The van der Waals surface area contributed by atoms with Crippen LogP contribution in [0.4, 0.5) is 4.39 Å². The minimum atomic E-state index is -0.744. The molecule has 1 aliphatic rings. The monoisotopic (exact) mass is 393 g/mol. The van der Waals surface area contributed by atoms with Crippen molar-refractivity contribution in [3.63, 3.8) is 0 Å². The Kier molecular flexibility index (Phi) is 6.52. The van der Waals surface area contributed by atoms with Crippen LogP contribution in [-0.2, 0) is 17.3 Å². The second-order valence-electron chi connectivity index (χ2n) is 7.02. The number of rotatable bonds is 5. The van der Waals surface area contributed by atoms with E-state index in [-0.39, 0.29) is 17.1 Å². The molecule has 1 heterocycles. The van der Waals surface area contributed by atoms with Gasteiger partial charge in [-0.2, -0.15) is 0 Å². The Balaban J connectivity index is 1.61. The summed E-state index contributed by atoms with van der Waals surface area (Å²) in [6.07, 6.45) is 4.09. The summed E-state index contributed by atoms with van der Waals surface area (Å²) in [5.41, 5.74) is 1.62. The summed E-state index contributed by atoms with van der Waals surface area (Å²) in [6.45, 7) is 4.39. The molecule has 0 bridgehead atoms. The summed E-state index contributed by atoms with van der Waals surface area (Å²) >= 11 is 0. The lowest BCUT2D eigenvalue weighted by Crippen LogP contribution is -2.46. The van der Waals surface area contributed by atoms with E-state index in [2.05, 4.69) is 15.6 Å². The number of nitrogens with one attached hydrogen (secondary N) is 2. The number of benzene rings is 1. The standard InChI is InChI=1S/C20H28FN3O2S/c1-4-27(25)16-7-5-6-15(11-16)24-20(22-3)23-12-19-13(2)17-10-14(21)8-9-18(17)26-19/h8-10,15-16H,4-7,11-12H2,1-3H3,(H2,22,23,24). The fraction of sp³-hybridized carbons (Fsp3) is 0.550. The Labute approximate surface area is 162 Å². The van der Waals surface area contributed by atoms with Gasteiger partial charge in [-0.3, -0.25) is 9.20 Å². The molecule has 3 rings (SSSR count). The Hall–Kier alpha value is -1.89. The van der Waals surface area contributed by atoms with Gasteiger partial charge in [-0.1, -0.05) is 13.3 Å². The van der Waals surface area contributed by atoms with Crippen LogP contribution in [0.1, 0.15) is 43.9 Å². The minimum absolute atomic E-state index is 0.264. The Morgan fingerprint density at radius 1 is 1.41 bits per heavy atom. The van der Waals surface area contributed by atoms with Crippen molar-refractivity contribution in [3.8, 4) is 0 Å². The van der Waals surface area contributed by atoms with Gasteiger partial charge >= 0.3 is 0 Å². The second kappa shape index (κ2) is 8.87. The summed E-state index contributed by atoms with van der Waals surface area (Å²) in [5, 5.41) is 7.80. The van der Waals surface area contributed by atoms with E-state index in [0.29, 0.717) is 18.1 Å². The van der Waals surface area contributed by atoms with Gasteiger partial charge in [0.05, 0.1) is 6.54 Å². The van der Waals surface area contributed by atoms with E-state index in [1.54, 1.807) is 13.1 Å². The number of aliphatic imine (C=N–C) groups is 1. The van der Waals surface area contributed by atoms with Gasteiger partial charge in [0.15, 0.2) is 5.96 Å². The minimum Gasteiger partial charge on any atom is -0.459 e. The molecule has 0 amide bonds. The molecule has 1 aromatic carbocycles. The largest absolute Gasteiger partial charge is 0.459 e. The first kappa shape index (κ1) is 19.9. The molecule has 5 nitrogen and oxygen atoms in total. The molecule has 0 saturated heterocycles. The number of halogens is 1. The fourth-order valence-electron chi connectivity index (χ4n) is 3.71. The van der Waals surface area contributed by atoms with Crippen molar-refractivity contribution in [2.24, 2.45) is 4.99 Å². The number of aryl methyl sites for hydroxylation is 1. The smallest absolute Gasteiger partial charge is 0.191 e. The summed E-state index contributed by atoms with van der Waals surface area (Å²) in [4.78, 5) is 4.30. The predicted molar refractivity (Wildman–Crippen MR) is 109 cm³/mol. The van der Waals surface area contributed by atoms with E-state index in [0.717, 1.165) is 48.1 Å². The molecule has 1 aromatic heterocycles. The SMILES string of the molecule is CCS(=O)C1CCCC(NC(=NC)NCc2oc3ccc(F)cc3c2C)C1. The third-order valence-electron chi connectivity index (χ3n) is 5.26. The van der Waals surface area contributed by atoms with Crippen molar-refractivity contribution in [1.82, 2.24) is 10.6 Å². The summed E-state index contributed by atoms with van der Waals surface area (Å²) in [5.74, 6) is 1.93. The molecule has 27 heavy (non-hydrogen) atoms.